The van der Waals surface area contributed by atoms with Crippen LogP contribution in [0.5, 0.6) is 23.0 Å². The Balaban J connectivity index is 1.44. The number of rotatable bonds is 8. The van der Waals surface area contributed by atoms with Gasteiger partial charge in [-0.15, -0.1) is 0 Å². The Hall–Kier alpha value is -5.50. The molecule has 3 aliphatic carbocycles. The van der Waals surface area contributed by atoms with E-state index in [-0.39, 0.29) is 0 Å². The fraction of sp³-hybridized carbons (Fsp3) is 0.318. The first-order valence-electron chi connectivity index (χ1n) is 17.5. The monoisotopic (exact) mass is 700 g/mol. The van der Waals surface area contributed by atoms with E-state index in [0.29, 0.717) is 23.0 Å². The highest BCUT2D eigenvalue weighted by Gasteiger charge is 2.63. The minimum atomic E-state index is -1.18. The average Bonchev–Trinajstić information content (AvgIpc) is 3.02. The summed E-state index contributed by atoms with van der Waals surface area (Å²) in [5, 5.41) is 0. The zero-order valence-electron chi connectivity index (χ0n) is 30.8. The van der Waals surface area contributed by atoms with Gasteiger partial charge in [0.25, 0.3) is 0 Å². The van der Waals surface area contributed by atoms with Crippen LogP contribution in [0.1, 0.15) is 44.5 Å². The van der Waals surface area contributed by atoms with Gasteiger partial charge >= 0.3 is 23.9 Å². The van der Waals surface area contributed by atoms with Gasteiger partial charge in [-0.3, -0.25) is 19.2 Å². The van der Waals surface area contributed by atoms with Crippen LogP contribution in [0.2, 0.25) is 0 Å². The SMILES string of the molecule is Cc1cc(C)cc(OC(=O)C2C3C=CC(C2C(=O)Oc2cc(C)cc(C)c2)C(C(=O)Oc2cc(C)cc(C)c2)C3C(=O)Oc2cc(C)cc(C)c2)c1. The summed E-state index contributed by atoms with van der Waals surface area (Å²) in [6, 6.07) is 21.7. The van der Waals surface area contributed by atoms with E-state index in [1.807, 2.05) is 79.7 Å². The maximum absolute atomic E-state index is 14.4. The van der Waals surface area contributed by atoms with E-state index < -0.39 is 59.4 Å². The molecule has 268 valence electrons. The predicted octanol–water partition coefficient (Wildman–Crippen LogP) is 8.16. The molecule has 0 aliphatic heterocycles. The van der Waals surface area contributed by atoms with Crippen LogP contribution in [0.25, 0.3) is 0 Å². The lowest BCUT2D eigenvalue weighted by Crippen LogP contribution is -2.59. The van der Waals surface area contributed by atoms with Gasteiger partial charge < -0.3 is 18.9 Å². The number of fused-ring (bicyclic) bond motifs is 2. The van der Waals surface area contributed by atoms with Crippen molar-refractivity contribution in [2.75, 3.05) is 0 Å². The van der Waals surface area contributed by atoms with Crippen LogP contribution in [0, 0.1) is 90.9 Å². The van der Waals surface area contributed by atoms with Gasteiger partial charge in [-0.05, 0) is 148 Å². The highest BCUT2D eigenvalue weighted by molar-refractivity contribution is 5.92. The summed E-state index contributed by atoms with van der Waals surface area (Å²) in [6.07, 6.45) is 3.46. The van der Waals surface area contributed by atoms with E-state index in [9.17, 15) is 19.2 Å². The van der Waals surface area contributed by atoms with Crippen molar-refractivity contribution in [3.05, 3.63) is 129 Å². The molecule has 4 atom stereocenters. The molecule has 7 rings (SSSR count). The first kappa shape index (κ1) is 36.3. The van der Waals surface area contributed by atoms with Crippen LogP contribution < -0.4 is 18.9 Å². The summed E-state index contributed by atoms with van der Waals surface area (Å²) in [4.78, 5) is 57.5. The second-order valence-corrected chi connectivity index (χ2v) is 14.6. The molecule has 0 aromatic heterocycles. The molecular formula is C44H44O8. The molecule has 8 heteroatoms. The zero-order valence-corrected chi connectivity index (χ0v) is 30.8. The fourth-order valence-electron chi connectivity index (χ4n) is 8.06. The molecule has 0 N–H and O–H groups in total. The number of aryl methyl sites for hydroxylation is 8. The summed E-state index contributed by atoms with van der Waals surface area (Å²) in [7, 11) is 0. The molecule has 0 radical (unpaired) electrons. The molecule has 0 heterocycles. The molecule has 3 aliphatic rings. The van der Waals surface area contributed by atoms with Crippen LogP contribution in [0.3, 0.4) is 0 Å². The molecule has 4 unspecified atom stereocenters. The van der Waals surface area contributed by atoms with E-state index >= 15 is 0 Å². The molecular weight excluding hydrogens is 656 g/mol. The highest BCUT2D eigenvalue weighted by atomic mass is 16.6. The Morgan fingerprint density at radius 3 is 0.673 bits per heavy atom. The number of allylic oxidation sites excluding steroid dienone is 2. The van der Waals surface area contributed by atoms with Crippen molar-refractivity contribution in [2.24, 2.45) is 35.5 Å². The Morgan fingerprint density at radius 2 is 0.500 bits per heavy atom. The Bertz CT molecular complexity index is 1740. The van der Waals surface area contributed by atoms with Crippen molar-refractivity contribution >= 4 is 23.9 Å². The molecule has 4 aromatic rings. The van der Waals surface area contributed by atoms with E-state index in [2.05, 4.69) is 0 Å². The number of hydrogen-bond acceptors (Lipinski definition) is 8. The number of carbonyl (C=O) groups excluding carboxylic acids is 4. The number of ether oxygens (including phenoxy) is 4. The first-order chi connectivity index (χ1) is 24.6. The smallest absolute Gasteiger partial charge is 0.315 e. The van der Waals surface area contributed by atoms with E-state index in [1.54, 1.807) is 60.7 Å². The Kier molecular flexibility index (Phi) is 10.2. The second-order valence-electron chi connectivity index (χ2n) is 14.6. The number of esters is 4. The van der Waals surface area contributed by atoms with Crippen LogP contribution in [0.15, 0.2) is 84.9 Å². The molecule has 2 bridgehead atoms. The van der Waals surface area contributed by atoms with E-state index in [4.69, 9.17) is 18.9 Å². The van der Waals surface area contributed by atoms with E-state index in [0.717, 1.165) is 44.5 Å². The minimum absolute atomic E-state index is 0.314. The van der Waals surface area contributed by atoms with Gasteiger partial charge in [0, 0.05) is 11.8 Å². The standard InChI is InChI=1S/C44H44O8/c1-23-11-24(2)16-31(15-23)49-41(45)37-35-9-10-36(38(37)42(46)50-32-17-25(3)12-26(4)18-32)40(44(48)52-34-21-29(7)14-30(8)22-34)39(35)43(47)51-33-19-27(5)13-28(6)20-33/h9-22,35-40H,1-8H3. The quantitative estimate of drug-likeness (QED) is 0.103. The van der Waals surface area contributed by atoms with Crippen molar-refractivity contribution in [1.82, 2.24) is 0 Å². The Morgan fingerprint density at radius 1 is 0.327 bits per heavy atom. The second kappa shape index (κ2) is 14.6. The van der Waals surface area contributed by atoms with Crippen molar-refractivity contribution in [1.29, 1.82) is 0 Å². The maximum atomic E-state index is 14.4. The van der Waals surface area contributed by atoms with Gasteiger partial charge in [0.15, 0.2) is 0 Å². The van der Waals surface area contributed by atoms with Crippen molar-refractivity contribution in [2.45, 2.75) is 55.4 Å². The lowest BCUT2D eigenvalue weighted by molar-refractivity contribution is -0.174. The summed E-state index contributed by atoms with van der Waals surface area (Å²) < 4.78 is 23.9. The van der Waals surface area contributed by atoms with Crippen LogP contribution in [-0.2, 0) is 19.2 Å². The number of carbonyl (C=O) groups is 4. The number of hydrogen-bond donors (Lipinski definition) is 0. The van der Waals surface area contributed by atoms with Gasteiger partial charge in [0.2, 0.25) is 0 Å². The lowest BCUT2D eigenvalue weighted by Gasteiger charge is -2.49. The van der Waals surface area contributed by atoms with Crippen LogP contribution in [0.4, 0.5) is 0 Å². The third-order valence-electron chi connectivity index (χ3n) is 9.73. The molecule has 0 saturated heterocycles. The minimum Gasteiger partial charge on any atom is -0.426 e. The number of benzene rings is 4. The van der Waals surface area contributed by atoms with Crippen molar-refractivity contribution < 1.29 is 38.1 Å². The summed E-state index contributed by atoms with van der Waals surface area (Å²) in [6.45, 7) is 15.1. The average molecular weight is 701 g/mol. The van der Waals surface area contributed by atoms with Gasteiger partial charge in [-0.25, -0.2) is 0 Å². The van der Waals surface area contributed by atoms with Gasteiger partial charge in [0.1, 0.15) is 23.0 Å². The highest BCUT2D eigenvalue weighted by Crippen LogP contribution is 2.53. The van der Waals surface area contributed by atoms with Crippen molar-refractivity contribution in [3.8, 4) is 23.0 Å². The predicted molar refractivity (Wildman–Crippen MR) is 196 cm³/mol. The van der Waals surface area contributed by atoms with Crippen LogP contribution >= 0.6 is 0 Å². The normalized spacial score (nSPS) is 21.7. The third kappa shape index (κ3) is 7.86. The molecule has 52 heavy (non-hydrogen) atoms. The largest absolute Gasteiger partial charge is 0.426 e. The van der Waals surface area contributed by atoms with Gasteiger partial charge in [-0.1, -0.05) is 36.4 Å². The summed E-state index contributed by atoms with van der Waals surface area (Å²) in [5.74, 6) is -8.25. The molecule has 0 spiro atoms. The first-order valence-corrected chi connectivity index (χ1v) is 17.5. The topological polar surface area (TPSA) is 105 Å². The lowest BCUT2D eigenvalue weighted by atomic mass is 9.53. The third-order valence-corrected chi connectivity index (χ3v) is 9.73. The maximum Gasteiger partial charge on any atom is 0.315 e. The van der Waals surface area contributed by atoms with E-state index in [1.165, 1.54) is 0 Å². The van der Waals surface area contributed by atoms with Crippen LogP contribution in [-0.4, -0.2) is 23.9 Å². The van der Waals surface area contributed by atoms with Crippen molar-refractivity contribution in [3.63, 3.8) is 0 Å². The van der Waals surface area contributed by atoms with Gasteiger partial charge in [-0.2, -0.15) is 0 Å². The molecule has 0 amide bonds. The molecule has 1 saturated carbocycles. The summed E-state index contributed by atoms with van der Waals surface area (Å²) >= 11 is 0. The Labute approximate surface area is 304 Å². The molecule has 8 nitrogen and oxygen atoms in total. The molecule has 1 fully saturated rings. The zero-order chi connectivity index (χ0) is 37.4. The fourth-order valence-corrected chi connectivity index (χ4v) is 8.06. The summed E-state index contributed by atoms with van der Waals surface area (Å²) in [5.41, 5.74) is 7.13. The molecule has 4 aromatic carbocycles. The van der Waals surface area contributed by atoms with Gasteiger partial charge in [0.05, 0.1) is 23.7 Å².